The first-order valence-corrected chi connectivity index (χ1v) is 13.2. The molecule has 0 spiro atoms. The lowest BCUT2D eigenvalue weighted by Gasteiger charge is -2.34. The van der Waals surface area contributed by atoms with Gasteiger partial charge in [0.05, 0.1) is 5.02 Å². The van der Waals surface area contributed by atoms with Crippen LogP contribution < -0.4 is 4.72 Å². The van der Waals surface area contributed by atoms with Crippen LogP contribution in [0, 0.1) is 24.2 Å². The third-order valence-corrected chi connectivity index (χ3v) is 8.36. The van der Waals surface area contributed by atoms with Gasteiger partial charge in [-0.2, -0.15) is 9.98 Å². The van der Waals surface area contributed by atoms with E-state index in [0.29, 0.717) is 36.8 Å². The van der Waals surface area contributed by atoms with Gasteiger partial charge in [-0.3, -0.25) is 4.79 Å². The van der Waals surface area contributed by atoms with Crippen molar-refractivity contribution in [2.75, 3.05) is 13.1 Å². The van der Waals surface area contributed by atoms with Gasteiger partial charge in [0.2, 0.25) is 15.9 Å². The normalized spacial score (nSPS) is 15.9. The second kappa shape index (κ2) is 11.2. The molecule has 3 rings (SSSR count). The van der Waals surface area contributed by atoms with E-state index >= 15 is 0 Å². The first kappa shape index (κ1) is 25.3. The molecule has 1 aliphatic rings. The smallest absolute Gasteiger partial charge is 0.243 e. The van der Waals surface area contributed by atoms with Crippen molar-refractivity contribution in [3.05, 3.63) is 52.8 Å². The third kappa shape index (κ3) is 6.17. The highest BCUT2D eigenvalue weighted by atomic mass is 35.5. The van der Waals surface area contributed by atoms with Crippen molar-refractivity contribution in [3.8, 4) is 6.07 Å². The zero-order valence-electron chi connectivity index (χ0n) is 19.1. The van der Waals surface area contributed by atoms with Gasteiger partial charge in [0.25, 0.3) is 0 Å². The van der Waals surface area contributed by atoms with Gasteiger partial charge in [-0.05, 0) is 55.9 Å². The largest absolute Gasteiger partial charge is 0.341 e. The Labute approximate surface area is 201 Å². The number of hydrogen-bond donors (Lipinski definition) is 1. The van der Waals surface area contributed by atoms with Gasteiger partial charge in [-0.15, -0.1) is 0 Å². The maximum Gasteiger partial charge on any atom is 0.243 e. The number of carbonyl (C=O) groups excluding carboxylic acids is 1. The number of benzene rings is 1. The van der Waals surface area contributed by atoms with Gasteiger partial charge in [-0.1, -0.05) is 43.5 Å². The van der Waals surface area contributed by atoms with E-state index in [1.807, 2.05) is 0 Å². The Morgan fingerprint density at radius 3 is 2.64 bits per heavy atom. The average molecular weight is 491 g/mol. The van der Waals surface area contributed by atoms with Gasteiger partial charge >= 0.3 is 0 Å². The highest BCUT2D eigenvalue weighted by Crippen LogP contribution is 2.26. The van der Waals surface area contributed by atoms with Crippen LogP contribution in [0.1, 0.15) is 50.3 Å². The Morgan fingerprint density at radius 1 is 1.27 bits per heavy atom. The summed E-state index contributed by atoms with van der Waals surface area (Å²) in [6.45, 7) is 5.42. The predicted molar refractivity (Wildman–Crippen MR) is 128 cm³/mol. The number of carbonyl (C=O) groups is 1. The lowest BCUT2D eigenvalue weighted by molar-refractivity contribution is -0.134. The van der Waals surface area contributed by atoms with Crippen LogP contribution in [0.25, 0.3) is 0 Å². The molecule has 1 aliphatic heterocycles. The molecule has 1 atom stereocenters. The minimum Gasteiger partial charge on any atom is -0.341 e. The number of nitrogens with one attached hydrogen (secondary N) is 1. The molecular weight excluding hydrogens is 460 g/mol. The molecule has 9 heteroatoms. The lowest BCUT2D eigenvalue weighted by Crippen LogP contribution is -2.51. The van der Waals surface area contributed by atoms with Crippen LogP contribution >= 0.6 is 11.6 Å². The summed E-state index contributed by atoms with van der Waals surface area (Å²) in [4.78, 5) is 15.2. The maximum absolute atomic E-state index is 13.4. The van der Waals surface area contributed by atoms with E-state index < -0.39 is 16.1 Å². The van der Waals surface area contributed by atoms with Crippen molar-refractivity contribution < 1.29 is 13.2 Å². The summed E-state index contributed by atoms with van der Waals surface area (Å²) in [7, 11) is -4.03. The average Bonchev–Trinajstić information content (AvgIpc) is 3.24. The van der Waals surface area contributed by atoms with E-state index in [1.165, 1.54) is 6.07 Å². The lowest BCUT2D eigenvalue weighted by atomic mass is 9.92. The standard InChI is InChI=1S/C24H31ClN4O3S/c1-3-6-19-10-14-29(15-11-19)24(30)22(12-16-28-13-5-8-20(28)17-26)27-33(31,32)23-18(2)7-4-9-21(23)25/h4-5,7-9,13,19,22,27H,3,6,10-12,14-16H2,1-2H3. The van der Waals surface area contributed by atoms with Crippen molar-refractivity contribution in [1.29, 1.82) is 5.26 Å². The molecule has 0 bridgehead atoms. The zero-order valence-corrected chi connectivity index (χ0v) is 20.7. The quantitative estimate of drug-likeness (QED) is 0.572. The van der Waals surface area contributed by atoms with Gasteiger partial charge in [0.15, 0.2) is 0 Å². The van der Waals surface area contributed by atoms with Crippen molar-refractivity contribution in [2.45, 2.75) is 63.4 Å². The first-order valence-electron chi connectivity index (χ1n) is 11.4. The minimum absolute atomic E-state index is 0.00945. The first-order chi connectivity index (χ1) is 15.8. The number of likely N-dealkylation sites (tertiary alicyclic amines) is 1. The molecule has 7 nitrogen and oxygen atoms in total. The Bertz CT molecular complexity index is 1090. The summed E-state index contributed by atoms with van der Waals surface area (Å²) in [6, 6.07) is 9.49. The van der Waals surface area contributed by atoms with Gasteiger partial charge in [0, 0.05) is 25.8 Å². The highest BCUT2D eigenvalue weighted by Gasteiger charge is 2.32. The molecule has 0 aliphatic carbocycles. The number of aryl methyl sites for hydroxylation is 2. The molecule has 178 valence electrons. The van der Waals surface area contributed by atoms with Crippen molar-refractivity contribution in [1.82, 2.24) is 14.2 Å². The predicted octanol–water partition coefficient (Wildman–Crippen LogP) is 4.10. The number of amides is 1. The third-order valence-electron chi connectivity index (χ3n) is 6.25. The number of piperidine rings is 1. The molecule has 1 amide bonds. The molecule has 33 heavy (non-hydrogen) atoms. The summed E-state index contributed by atoms with van der Waals surface area (Å²) in [5.74, 6) is 0.377. The summed E-state index contributed by atoms with van der Waals surface area (Å²) in [5, 5.41) is 9.40. The van der Waals surface area contributed by atoms with Crippen molar-refractivity contribution in [2.24, 2.45) is 5.92 Å². The van der Waals surface area contributed by atoms with Crippen LogP contribution in [0.5, 0.6) is 0 Å². The molecule has 2 aromatic rings. The molecule has 2 heterocycles. The monoisotopic (exact) mass is 490 g/mol. The molecule has 1 fully saturated rings. The fraction of sp³-hybridized carbons (Fsp3) is 0.500. The zero-order chi connectivity index (χ0) is 24.0. The Morgan fingerprint density at radius 2 is 2.00 bits per heavy atom. The van der Waals surface area contributed by atoms with Gasteiger partial charge in [-0.25, -0.2) is 8.42 Å². The molecule has 1 saturated heterocycles. The Balaban J connectivity index is 1.82. The van der Waals surface area contributed by atoms with E-state index in [9.17, 15) is 18.5 Å². The van der Waals surface area contributed by atoms with Gasteiger partial charge < -0.3 is 9.47 Å². The Kier molecular flexibility index (Phi) is 8.57. The van der Waals surface area contributed by atoms with Crippen LogP contribution in [0.4, 0.5) is 0 Å². The molecule has 1 aromatic carbocycles. The molecule has 0 radical (unpaired) electrons. The molecule has 1 unspecified atom stereocenters. The topological polar surface area (TPSA) is 95.2 Å². The van der Waals surface area contributed by atoms with Crippen LogP contribution in [0.2, 0.25) is 5.02 Å². The van der Waals surface area contributed by atoms with Crippen LogP contribution in [0.3, 0.4) is 0 Å². The van der Waals surface area contributed by atoms with E-state index in [2.05, 4.69) is 17.7 Å². The summed E-state index contributed by atoms with van der Waals surface area (Å²) < 4.78 is 30.9. The van der Waals surface area contributed by atoms with Crippen LogP contribution in [-0.4, -0.2) is 42.9 Å². The number of nitrogens with zero attached hydrogens (tertiary/aromatic N) is 3. The number of nitriles is 1. The number of rotatable bonds is 9. The minimum atomic E-state index is -4.03. The highest BCUT2D eigenvalue weighted by molar-refractivity contribution is 7.89. The van der Waals surface area contributed by atoms with Crippen molar-refractivity contribution >= 4 is 27.5 Å². The molecule has 1 N–H and O–H groups in total. The SMILES string of the molecule is CCCC1CCN(C(=O)C(CCn2cccc2C#N)NS(=O)(=O)c2c(C)cccc2Cl)CC1. The molecule has 1 aromatic heterocycles. The number of aromatic nitrogens is 1. The number of halogens is 1. The van der Waals surface area contributed by atoms with Crippen molar-refractivity contribution in [3.63, 3.8) is 0 Å². The number of hydrogen-bond acceptors (Lipinski definition) is 4. The molecular formula is C24H31ClN4O3S. The fourth-order valence-electron chi connectivity index (χ4n) is 4.49. The van der Waals surface area contributed by atoms with E-state index in [0.717, 1.165) is 25.7 Å². The van der Waals surface area contributed by atoms with Gasteiger partial charge in [0.1, 0.15) is 22.7 Å². The van der Waals surface area contributed by atoms with E-state index in [4.69, 9.17) is 11.6 Å². The summed E-state index contributed by atoms with van der Waals surface area (Å²) in [6.07, 6.45) is 6.10. The van der Waals surface area contributed by atoms with Crippen LogP contribution in [-0.2, 0) is 21.4 Å². The van der Waals surface area contributed by atoms with E-state index in [-0.39, 0.29) is 22.2 Å². The Hall–Kier alpha value is -2.34. The number of sulfonamides is 1. The fourth-order valence-corrected chi connectivity index (χ4v) is 6.54. The molecule has 0 saturated carbocycles. The van der Waals surface area contributed by atoms with E-state index in [1.54, 1.807) is 46.9 Å². The summed E-state index contributed by atoms with van der Waals surface area (Å²) in [5.41, 5.74) is 0.977. The van der Waals surface area contributed by atoms with Crippen LogP contribution in [0.15, 0.2) is 41.4 Å². The second-order valence-corrected chi connectivity index (χ2v) is 10.7. The maximum atomic E-state index is 13.4. The second-order valence-electron chi connectivity index (χ2n) is 8.60. The summed E-state index contributed by atoms with van der Waals surface area (Å²) >= 11 is 6.21.